The Morgan fingerprint density at radius 2 is 1.22 bits per heavy atom. The number of nitrogens with one attached hydrogen (secondary N) is 2. The molecule has 55 heavy (non-hydrogen) atoms. The lowest BCUT2D eigenvalue weighted by Crippen LogP contribution is -2.41. The van der Waals surface area contributed by atoms with E-state index in [1.165, 1.54) is 32.4 Å². The quantitative estimate of drug-likeness (QED) is 0.176. The molecule has 0 bridgehead atoms. The van der Waals surface area contributed by atoms with Crippen LogP contribution in [0.2, 0.25) is 0 Å². The number of aromatic carboxylic acids is 1. The van der Waals surface area contributed by atoms with Crippen molar-refractivity contribution in [1.29, 1.82) is 0 Å². The molecule has 0 radical (unpaired) electrons. The zero-order valence-corrected chi connectivity index (χ0v) is 30.2. The molecule has 6 aromatic rings. The fourth-order valence-corrected chi connectivity index (χ4v) is 6.65. The number of carbonyl (C=O) groups is 2. The van der Waals surface area contributed by atoms with Crippen LogP contribution in [0.25, 0.3) is 21.5 Å². The molecule has 0 unspecified atom stereocenters. The zero-order chi connectivity index (χ0) is 39.2. The lowest BCUT2D eigenvalue weighted by Gasteiger charge is -2.31. The monoisotopic (exact) mass is 753 g/mol. The van der Waals surface area contributed by atoms with Crippen molar-refractivity contribution in [2.45, 2.75) is 31.8 Å². The molecule has 3 heterocycles. The van der Waals surface area contributed by atoms with Crippen molar-refractivity contribution in [1.82, 2.24) is 25.3 Å². The normalized spacial score (nSPS) is 13.0. The summed E-state index contributed by atoms with van der Waals surface area (Å²) < 4.78 is 44.1. The third kappa shape index (κ3) is 8.21. The maximum Gasteiger partial charge on any atom is 0.338 e. The topological polar surface area (TPSA) is 177 Å². The number of H-pyrrole nitrogens is 2. The minimum absolute atomic E-state index is 0.0362. The molecule has 7 rings (SSSR count). The van der Waals surface area contributed by atoms with Crippen molar-refractivity contribution in [2.75, 3.05) is 34.4 Å². The predicted octanol–water partition coefficient (Wildman–Crippen LogP) is 5.27. The van der Waals surface area contributed by atoms with Gasteiger partial charge in [0.2, 0.25) is 0 Å². The van der Waals surface area contributed by atoms with Crippen LogP contribution in [-0.2, 0) is 17.6 Å². The summed E-state index contributed by atoms with van der Waals surface area (Å²) in [6.45, 7) is 1.06. The molecule has 1 fully saturated rings. The number of ether oxygens (including phenoxy) is 3. The molecule has 1 amide bonds. The maximum absolute atomic E-state index is 14.5. The third-order valence-electron chi connectivity index (χ3n) is 9.47. The summed E-state index contributed by atoms with van der Waals surface area (Å²) >= 11 is 0. The molecule has 0 aliphatic carbocycles. The number of benzene rings is 4. The SMILES string of the molecule is COc1cccc2c(=O)[nH]nc(Cc3ccc(F)c(C(=O)N4CCC(OC)CC4)c3)c12.COc1cccc2c(=O)[nH]nc(Cc3ccc(F)c(C(=O)O)c3)c12. The minimum atomic E-state index is -1.34. The van der Waals surface area contributed by atoms with Gasteiger partial charge in [0.15, 0.2) is 0 Å². The van der Waals surface area contributed by atoms with Crippen LogP contribution in [0.5, 0.6) is 11.5 Å². The van der Waals surface area contributed by atoms with E-state index < -0.39 is 23.2 Å². The number of halogens is 2. The van der Waals surface area contributed by atoms with Gasteiger partial charge in [-0.2, -0.15) is 10.2 Å². The van der Waals surface area contributed by atoms with E-state index in [1.807, 2.05) is 0 Å². The van der Waals surface area contributed by atoms with E-state index in [-0.39, 0.29) is 35.1 Å². The Kier molecular flexibility index (Phi) is 11.6. The van der Waals surface area contributed by atoms with Gasteiger partial charge in [-0.1, -0.05) is 24.3 Å². The number of hydrogen-bond acceptors (Lipinski definition) is 9. The van der Waals surface area contributed by atoms with E-state index in [4.69, 9.17) is 19.3 Å². The molecular formula is C40H37F2N5O8. The summed E-state index contributed by atoms with van der Waals surface area (Å²) in [4.78, 5) is 49.8. The number of likely N-dealkylation sites (tertiary alicyclic amines) is 1. The lowest BCUT2D eigenvalue weighted by molar-refractivity contribution is 0.0348. The molecule has 1 aliphatic rings. The van der Waals surface area contributed by atoms with E-state index in [1.54, 1.807) is 60.5 Å². The van der Waals surface area contributed by atoms with Crippen molar-refractivity contribution >= 4 is 33.4 Å². The predicted molar refractivity (Wildman–Crippen MR) is 199 cm³/mol. The highest BCUT2D eigenvalue weighted by Gasteiger charge is 2.26. The Bertz CT molecular complexity index is 2510. The number of hydrogen-bond donors (Lipinski definition) is 3. The summed E-state index contributed by atoms with van der Waals surface area (Å²) in [5.74, 6) is -2.01. The summed E-state index contributed by atoms with van der Waals surface area (Å²) in [7, 11) is 4.68. The number of aromatic amines is 2. The molecular weight excluding hydrogens is 716 g/mol. The standard InChI is InChI=1S/C23H24FN3O4.C17H13FN2O4/c1-30-15-8-10-27(11-9-15)23(29)17-12-14(6-7-18(17)24)13-19-21-16(22(28)26-25-19)4-3-5-20(21)31-2;1-24-14-4-2-3-10-15(14)13(19-20-16(10)21)8-9-5-6-12(18)11(7-9)17(22)23/h3-7,12,15H,8-11,13H2,1-2H3,(H,26,28);2-7H,8H2,1H3,(H,20,21)(H,22,23). The highest BCUT2D eigenvalue weighted by molar-refractivity contribution is 5.95. The van der Waals surface area contributed by atoms with E-state index in [9.17, 15) is 28.0 Å². The van der Waals surface area contributed by atoms with E-state index in [0.717, 1.165) is 18.9 Å². The molecule has 3 N–H and O–H groups in total. The van der Waals surface area contributed by atoms with Crippen LogP contribution in [0.4, 0.5) is 8.78 Å². The van der Waals surface area contributed by atoms with Gasteiger partial charge < -0.3 is 24.2 Å². The number of carboxylic acids is 1. The number of piperidine rings is 1. The first-order chi connectivity index (χ1) is 26.5. The molecule has 284 valence electrons. The fraction of sp³-hybridized carbons (Fsp3) is 0.250. The van der Waals surface area contributed by atoms with Crippen molar-refractivity contribution in [3.8, 4) is 11.5 Å². The first-order valence-corrected chi connectivity index (χ1v) is 17.2. The van der Waals surface area contributed by atoms with Gasteiger partial charge in [-0.25, -0.2) is 23.8 Å². The lowest BCUT2D eigenvalue weighted by atomic mass is 10.0. The molecule has 0 spiro atoms. The van der Waals surface area contributed by atoms with Crippen LogP contribution in [0.15, 0.2) is 82.4 Å². The Hall–Kier alpha value is -6.48. The number of carbonyl (C=O) groups excluding carboxylic acids is 1. The van der Waals surface area contributed by atoms with Gasteiger partial charge in [0.1, 0.15) is 23.1 Å². The third-order valence-corrected chi connectivity index (χ3v) is 9.47. The van der Waals surface area contributed by atoms with Gasteiger partial charge in [0, 0.05) is 33.0 Å². The molecule has 0 atom stereocenters. The van der Waals surface area contributed by atoms with E-state index in [0.29, 0.717) is 75.1 Å². The second-order valence-electron chi connectivity index (χ2n) is 12.8. The largest absolute Gasteiger partial charge is 0.496 e. The van der Waals surface area contributed by atoms with Crippen LogP contribution < -0.4 is 20.6 Å². The minimum Gasteiger partial charge on any atom is -0.496 e. The second kappa shape index (κ2) is 16.7. The smallest absolute Gasteiger partial charge is 0.338 e. The Morgan fingerprint density at radius 3 is 1.67 bits per heavy atom. The first-order valence-electron chi connectivity index (χ1n) is 17.2. The van der Waals surface area contributed by atoms with Gasteiger partial charge in [-0.15, -0.1) is 0 Å². The number of amides is 1. The number of aromatic nitrogens is 4. The van der Waals surface area contributed by atoms with Crippen LogP contribution in [0.1, 0.15) is 56.1 Å². The Balaban J connectivity index is 0.000000193. The average molecular weight is 754 g/mol. The first kappa shape index (κ1) is 38.3. The van der Waals surface area contributed by atoms with Gasteiger partial charge in [0.25, 0.3) is 17.0 Å². The fourth-order valence-electron chi connectivity index (χ4n) is 6.65. The van der Waals surface area contributed by atoms with Crippen LogP contribution in [0, 0.1) is 11.6 Å². The van der Waals surface area contributed by atoms with Crippen molar-refractivity contribution < 1.29 is 37.7 Å². The highest BCUT2D eigenvalue weighted by Crippen LogP contribution is 2.29. The van der Waals surface area contributed by atoms with Crippen LogP contribution in [0.3, 0.4) is 0 Å². The highest BCUT2D eigenvalue weighted by atomic mass is 19.1. The molecule has 2 aromatic heterocycles. The van der Waals surface area contributed by atoms with Gasteiger partial charge in [-0.05, 0) is 72.5 Å². The van der Waals surface area contributed by atoms with Crippen molar-refractivity contribution in [3.05, 3.63) is 139 Å². The van der Waals surface area contributed by atoms with Crippen LogP contribution >= 0.6 is 0 Å². The number of rotatable bonds is 9. The van der Waals surface area contributed by atoms with Gasteiger partial charge in [-0.3, -0.25) is 14.4 Å². The summed E-state index contributed by atoms with van der Waals surface area (Å²) in [5, 5.41) is 24.2. The summed E-state index contributed by atoms with van der Waals surface area (Å²) in [6.07, 6.45) is 2.12. The van der Waals surface area contributed by atoms with Crippen molar-refractivity contribution in [2.24, 2.45) is 0 Å². The van der Waals surface area contributed by atoms with Crippen LogP contribution in [-0.4, -0.2) is 82.8 Å². The Morgan fingerprint density at radius 1 is 0.745 bits per heavy atom. The molecule has 1 saturated heterocycles. The summed E-state index contributed by atoms with van der Waals surface area (Å²) in [5.41, 5.74) is 1.32. The number of fused-ring (bicyclic) bond motifs is 2. The second-order valence-corrected chi connectivity index (χ2v) is 12.8. The zero-order valence-electron chi connectivity index (χ0n) is 30.2. The van der Waals surface area contributed by atoms with E-state index >= 15 is 0 Å². The molecule has 13 nitrogen and oxygen atoms in total. The average Bonchev–Trinajstić information content (AvgIpc) is 3.20. The van der Waals surface area contributed by atoms with Gasteiger partial charge in [0.05, 0.1) is 64.4 Å². The van der Waals surface area contributed by atoms with Gasteiger partial charge >= 0.3 is 5.97 Å². The maximum atomic E-state index is 14.5. The number of nitrogens with zero attached hydrogens (tertiary/aromatic N) is 3. The Labute approximate surface area is 312 Å². The molecule has 4 aromatic carbocycles. The molecule has 15 heteroatoms. The number of carboxylic acid groups (broad SMARTS) is 1. The summed E-state index contributed by atoms with van der Waals surface area (Å²) in [6, 6.07) is 18.6. The number of methoxy groups -OCH3 is 3. The van der Waals surface area contributed by atoms with Crippen molar-refractivity contribution in [3.63, 3.8) is 0 Å². The van der Waals surface area contributed by atoms with E-state index in [2.05, 4.69) is 20.4 Å². The molecule has 0 saturated carbocycles. The molecule has 1 aliphatic heterocycles.